The molecule has 3 heteroatoms. The van der Waals surface area contributed by atoms with E-state index in [2.05, 4.69) is 20.8 Å². The van der Waals surface area contributed by atoms with Gasteiger partial charge in [0, 0.05) is 16.9 Å². The Morgan fingerprint density at radius 2 is 2.09 bits per heavy atom. The van der Waals surface area contributed by atoms with E-state index in [0.717, 1.165) is 11.4 Å². The van der Waals surface area contributed by atoms with Gasteiger partial charge in [-0.3, -0.25) is 4.90 Å². The number of piperidine rings is 1. The first-order chi connectivity index (χ1) is 5.33. The molecule has 1 fully saturated rings. The van der Waals surface area contributed by atoms with Crippen LogP contribution in [-0.4, -0.2) is 29.4 Å². The standard InChI is InChI=1S/C8H13BrClN/c9-8-2-6-11(7-3-8)5-1-4-10/h1,4,8H,2-3,5-7H2/b4-1+. The Morgan fingerprint density at radius 1 is 1.45 bits per heavy atom. The summed E-state index contributed by atoms with van der Waals surface area (Å²) in [7, 11) is 0. The molecular formula is C8H13BrClN. The number of hydrogen-bond acceptors (Lipinski definition) is 1. The molecule has 64 valence electrons. The monoisotopic (exact) mass is 237 g/mol. The van der Waals surface area contributed by atoms with E-state index in [0.29, 0.717) is 0 Å². The second kappa shape index (κ2) is 5.18. The minimum absolute atomic E-state index is 0.735. The van der Waals surface area contributed by atoms with Gasteiger partial charge in [-0.15, -0.1) is 0 Å². The molecule has 1 nitrogen and oxygen atoms in total. The van der Waals surface area contributed by atoms with Crippen LogP contribution < -0.4 is 0 Å². The lowest BCUT2D eigenvalue weighted by Gasteiger charge is -2.28. The Balaban J connectivity index is 2.17. The molecule has 0 amide bonds. The van der Waals surface area contributed by atoms with E-state index in [4.69, 9.17) is 11.6 Å². The minimum Gasteiger partial charge on any atom is -0.300 e. The van der Waals surface area contributed by atoms with Crippen molar-refractivity contribution in [3.8, 4) is 0 Å². The van der Waals surface area contributed by atoms with Crippen molar-refractivity contribution in [1.29, 1.82) is 0 Å². The Kier molecular flexibility index (Phi) is 4.50. The summed E-state index contributed by atoms with van der Waals surface area (Å²) in [6, 6.07) is 0. The van der Waals surface area contributed by atoms with Gasteiger partial charge in [0.15, 0.2) is 0 Å². The van der Waals surface area contributed by atoms with Crippen molar-refractivity contribution in [3.05, 3.63) is 11.6 Å². The molecule has 1 aliphatic heterocycles. The Hall–Kier alpha value is 0.470. The second-order valence-electron chi connectivity index (χ2n) is 2.84. The molecular weight excluding hydrogens is 225 g/mol. The van der Waals surface area contributed by atoms with Crippen LogP contribution in [0.4, 0.5) is 0 Å². The number of halogens is 2. The van der Waals surface area contributed by atoms with Gasteiger partial charge in [0.25, 0.3) is 0 Å². The lowest BCUT2D eigenvalue weighted by atomic mass is 10.1. The fourth-order valence-corrected chi connectivity index (χ4v) is 1.76. The molecule has 1 aliphatic rings. The SMILES string of the molecule is Cl/C=C/CN1CCC(Br)CC1. The second-order valence-corrected chi connectivity index (χ2v) is 4.38. The van der Waals surface area contributed by atoms with Crippen molar-refractivity contribution in [2.24, 2.45) is 0 Å². The largest absolute Gasteiger partial charge is 0.300 e. The normalized spacial score (nSPS) is 23.1. The van der Waals surface area contributed by atoms with E-state index in [1.165, 1.54) is 25.9 Å². The lowest BCUT2D eigenvalue weighted by Crippen LogP contribution is -2.33. The molecule has 0 aromatic rings. The summed E-state index contributed by atoms with van der Waals surface area (Å²) in [6.07, 6.45) is 4.52. The van der Waals surface area contributed by atoms with E-state index in [1.807, 2.05) is 6.08 Å². The van der Waals surface area contributed by atoms with Crippen LogP contribution >= 0.6 is 27.5 Å². The molecule has 0 spiro atoms. The molecule has 0 aromatic carbocycles. The number of likely N-dealkylation sites (tertiary alicyclic amines) is 1. The van der Waals surface area contributed by atoms with Gasteiger partial charge in [-0.25, -0.2) is 0 Å². The van der Waals surface area contributed by atoms with Crippen LogP contribution in [-0.2, 0) is 0 Å². The van der Waals surface area contributed by atoms with Gasteiger partial charge in [0.05, 0.1) is 0 Å². The third kappa shape index (κ3) is 3.59. The zero-order valence-electron chi connectivity index (χ0n) is 6.47. The molecule has 0 bridgehead atoms. The maximum Gasteiger partial charge on any atom is 0.0174 e. The van der Waals surface area contributed by atoms with Crippen molar-refractivity contribution in [2.45, 2.75) is 17.7 Å². The quantitative estimate of drug-likeness (QED) is 0.669. The van der Waals surface area contributed by atoms with E-state index in [9.17, 15) is 0 Å². The summed E-state index contributed by atoms with van der Waals surface area (Å²) in [5.41, 5.74) is 1.60. The topological polar surface area (TPSA) is 3.24 Å². The lowest BCUT2D eigenvalue weighted by molar-refractivity contribution is 0.257. The van der Waals surface area contributed by atoms with Crippen LogP contribution in [0, 0.1) is 0 Å². The fraction of sp³-hybridized carbons (Fsp3) is 0.750. The van der Waals surface area contributed by atoms with Crippen LogP contribution in [0.3, 0.4) is 0 Å². The van der Waals surface area contributed by atoms with E-state index >= 15 is 0 Å². The Bertz CT molecular complexity index is 130. The maximum absolute atomic E-state index is 5.43. The number of alkyl halides is 1. The zero-order valence-corrected chi connectivity index (χ0v) is 8.81. The molecule has 1 rings (SSSR count). The fourth-order valence-electron chi connectivity index (χ4n) is 1.27. The third-order valence-corrected chi connectivity index (χ3v) is 3.06. The first-order valence-corrected chi connectivity index (χ1v) is 5.30. The molecule has 0 atom stereocenters. The van der Waals surface area contributed by atoms with Crippen molar-refractivity contribution >= 4 is 27.5 Å². The van der Waals surface area contributed by atoms with E-state index in [1.54, 1.807) is 5.54 Å². The number of hydrogen-bond donors (Lipinski definition) is 0. The molecule has 0 N–H and O–H groups in total. The van der Waals surface area contributed by atoms with Crippen molar-refractivity contribution in [2.75, 3.05) is 19.6 Å². The van der Waals surface area contributed by atoms with Gasteiger partial charge in [-0.05, 0) is 25.9 Å². The molecule has 1 saturated heterocycles. The molecule has 0 unspecified atom stereocenters. The van der Waals surface area contributed by atoms with Crippen molar-refractivity contribution < 1.29 is 0 Å². The van der Waals surface area contributed by atoms with E-state index in [-0.39, 0.29) is 0 Å². The highest BCUT2D eigenvalue weighted by Crippen LogP contribution is 2.16. The first kappa shape index (κ1) is 9.56. The highest BCUT2D eigenvalue weighted by Gasteiger charge is 2.14. The van der Waals surface area contributed by atoms with Crippen LogP contribution in [0.1, 0.15) is 12.8 Å². The van der Waals surface area contributed by atoms with Crippen LogP contribution in [0.25, 0.3) is 0 Å². The first-order valence-electron chi connectivity index (χ1n) is 3.94. The Labute approximate surface area is 81.5 Å². The number of nitrogens with zero attached hydrogens (tertiary/aromatic N) is 1. The summed E-state index contributed by atoms with van der Waals surface area (Å²) < 4.78 is 0. The summed E-state index contributed by atoms with van der Waals surface area (Å²) in [5, 5.41) is 0. The molecule has 11 heavy (non-hydrogen) atoms. The molecule has 1 heterocycles. The smallest absolute Gasteiger partial charge is 0.0174 e. The van der Waals surface area contributed by atoms with Gasteiger partial charge in [0.2, 0.25) is 0 Å². The van der Waals surface area contributed by atoms with Crippen molar-refractivity contribution in [1.82, 2.24) is 4.90 Å². The van der Waals surface area contributed by atoms with Gasteiger partial charge >= 0.3 is 0 Å². The summed E-state index contributed by atoms with van der Waals surface area (Å²) >= 11 is 9.05. The average Bonchev–Trinajstić information content (AvgIpc) is 2.04. The highest BCUT2D eigenvalue weighted by atomic mass is 79.9. The highest BCUT2D eigenvalue weighted by molar-refractivity contribution is 9.09. The summed E-state index contributed by atoms with van der Waals surface area (Å²) in [6.45, 7) is 3.39. The van der Waals surface area contributed by atoms with Crippen molar-refractivity contribution in [3.63, 3.8) is 0 Å². The predicted octanol–water partition coefficient (Wildman–Crippen LogP) is 2.60. The summed E-state index contributed by atoms with van der Waals surface area (Å²) in [5.74, 6) is 0. The van der Waals surface area contributed by atoms with Gasteiger partial charge in [-0.2, -0.15) is 0 Å². The molecule has 0 saturated carbocycles. The van der Waals surface area contributed by atoms with Crippen LogP contribution in [0.2, 0.25) is 0 Å². The predicted molar refractivity (Wildman–Crippen MR) is 53.4 cm³/mol. The van der Waals surface area contributed by atoms with Crippen LogP contribution in [0.15, 0.2) is 11.6 Å². The molecule has 0 aromatic heterocycles. The zero-order chi connectivity index (χ0) is 8.10. The van der Waals surface area contributed by atoms with Crippen LogP contribution in [0.5, 0.6) is 0 Å². The van der Waals surface area contributed by atoms with E-state index < -0.39 is 0 Å². The average molecular weight is 239 g/mol. The maximum atomic E-state index is 5.43. The van der Waals surface area contributed by atoms with Gasteiger partial charge < -0.3 is 0 Å². The minimum atomic E-state index is 0.735. The molecule has 0 aliphatic carbocycles. The number of rotatable bonds is 2. The third-order valence-electron chi connectivity index (χ3n) is 1.97. The van der Waals surface area contributed by atoms with Gasteiger partial charge in [-0.1, -0.05) is 33.6 Å². The van der Waals surface area contributed by atoms with Gasteiger partial charge in [0.1, 0.15) is 0 Å². The summed E-state index contributed by atoms with van der Waals surface area (Å²) in [4.78, 5) is 3.15. The Morgan fingerprint density at radius 3 is 2.64 bits per heavy atom. The molecule has 0 radical (unpaired) electrons.